The Kier molecular flexibility index (Phi) is 3.68. The lowest BCUT2D eigenvalue weighted by Crippen LogP contribution is -2.41. The molecule has 1 heterocycles. The number of hydrogen-bond acceptors (Lipinski definition) is 2. The van der Waals surface area contributed by atoms with Gasteiger partial charge in [-0.05, 0) is 0 Å². The Balaban J connectivity index is 2.81. The second-order valence-corrected chi connectivity index (χ2v) is 4.79. The zero-order valence-corrected chi connectivity index (χ0v) is 10.0. The van der Waals surface area contributed by atoms with Crippen molar-refractivity contribution in [2.45, 2.75) is 38.5 Å². The Hall–Kier alpha value is -1.60. The van der Waals surface area contributed by atoms with Crippen LogP contribution in [0.2, 0.25) is 0 Å². The summed E-state index contributed by atoms with van der Waals surface area (Å²) in [4.78, 5) is 10.9. The zero-order chi connectivity index (χ0) is 14.1. The van der Waals surface area contributed by atoms with Crippen molar-refractivity contribution in [3.8, 4) is 0 Å². The highest BCUT2D eigenvalue weighted by molar-refractivity contribution is 5.95. The van der Waals surface area contributed by atoms with Gasteiger partial charge in [0, 0.05) is 17.2 Å². The summed E-state index contributed by atoms with van der Waals surface area (Å²) < 4.78 is 49.2. The Bertz CT molecular complexity index is 437. The molecule has 0 unspecified atom stereocenters. The summed E-state index contributed by atoms with van der Waals surface area (Å²) in [6, 6.07) is 1.32. The van der Waals surface area contributed by atoms with Crippen LogP contribution in [0.4, 0.5) is 23.4 Å². The molecular formula is C10H13F4N3O. The van der Waals surface area contributed by atoms with E-state index < -0.39 is 18.3 Å². The summed E-state index contributed by atoms with van der Waals surface area (Å²) in [6.45, 7) is 5.50. The molecule has 0 saturated heterocycles. The third kappa shape index (κ3) is 2.99. The average Bonchev–Trinajstić information content (AvgIpc) is 2.65. The van der Waals surface area contributed by atoms with Gasteiger partial charge >= 0.3 is 18.3 Å². The number of halogens is 4. The fourth-order valence-electron chi connectivity index (χ4n) is 1.07. The maximum absolute atomic E-state index is 12.7. The van der Waals surface area contributed by atoms with Gasteiger partial charge in [0.05, 0.1) is 0 Å². The van der Waals surface area contributed by atoms with Crippen LogP contribution in [-0.4, -0.2) is 28.5 Å². The monoisotopic (exact) mass is 267 g/mol. The van der Waals surface area contributed by atoms with E-state index in [1.54, 1.807) is 5.32 Å². The number of alkyl halides is 4. The predicted molar refractivity (Wildman–Crippen MR) is 56.9 cm³/mol. The summed E-state index contributed by atoms with van der Waals surface area (Å²) in [5, 5.41) is 7.74. The fourth-order valence-corrected chi connectivity index (χ4v) is 1.07. The smallest absolute Gasteiger partial charge is 0.304 e. The normalized spacial score (nSPS) is 12.9. The Morgan fingerprint density at radius 2 is 1.94 bits per heavy atom. The highest BCUT2D eigenvalue weighted by Crippen LogP contribution is 2.26. The third-order valence-electron chi connectivity index (χ3n) is 2.20. The molecule has 2 N–H and O–H groups in total. The van der Waals surface area contributed by atoms with Crippen molar-refractivity contribution in [2.75, 3.05) is 5.32 Å². The quantitative estimate of drug-likeness (QED) is 0.827. The molecule has 0 bridgehead atoms. The molecule has 0 saturated carbocycles. The molecule has 0 aliphatic rings. The first-order chi connectivity index (χ1) is 8.05. The molecule has 1 aromatic heterocycles. The number of nitrogens with zero attached hydrogens (tertiary/aromatic N) is 1. The molecule has 0 radical (unpaired) electrons. The average molecular weight is 267 g/mol. The Labute approximate surface area is 101 Å². The maximum Gasteiger partial charge on any atom is 0.383 e. The molecule has 0 aromatic carbocycles. The van der Waals surface area contributed by atoms with E-state index in [1.165, 1.54) is 6.07 Å². The molecule has 0 aliphatic heterocycles. The first-order valence-corrected chi connectivity index (χ1v) is 5.08. The largest absolute Gasteiger partial charge is 0.383 e. The van der Waals surface area contributed by atoms with E-state index in [4.69, 9.17) is 0 Å². The molecular weight excluding hydrogens is 254 g/mol. The van der Waals surface area contributed by atoms with Crippen LogP contribution in [0.25, 0.3) is 0 Å². The van der Waals surface area contributed by atoms with Gasteiger partial charge in [-0.15, -0.1) is 0 Å². The van der Waals surface area contributed by atoms with Crippen LogP contribution in [0.3, 0.4) is 0 Å². The van der Waals surface area contributed by atoms with Crippen molar-refractivity contribution in [1.29, 1.82) is 0 Å². The summed E-state index contributed by atoms with van der Waals surface area (Å²) in [5.41, 5.74) is 0.249. The number of nitrogens with one attached hydrogen (secondary N) is 2. The van der Waals surface area contributed by atoms with Crippen LogP contribution >= 0.6 is 0 Å². The van der Waals surface area contributed by atoms with E-state index in [1.807, 2.05) is 20.8 Å². The number of carbonyl (C=O) groups excluding carboxylic acids is 1. The highest BCUT2D eigenvalue weighted by atomic mass is 19.3. The number of H-pyrrole nitrogens is 1. The lowest BCUT2D eigenvalue weighted by Gasteiger charge is -2.15. The third-order valence-corrected chi connectivity index (χ3v) is 2.20. The van der Waals surface area contributed by atoms with Gasteiger partial charge in [-0.25, -0.2) is 8.78 Å². The molecule has 18 heavy (non-hydrogen) atoms. The molecule has 0 atom stereocenters. The molecule has 1 aromatic rings. The lowest BCUT2D eigenvalue weighted by molar-refractivity contribution is -0.163. The number of carbonyl (C=O) groups is 1. The van der Waals surface area contributed by atoms with Gasteiger partial charge < -0.3 is 5.32 Å². The molecule has 102 valence electrons. The second-order valence-electron chi connectivity index (χ2n) is 4.79. The SMILES string of the molecule is CC(C)(C)c1cc(NC(=O)C(F)(F)C(F)F)n[nH]1. The number of rotatable bonds is 3. The van der Waals surface area contributed by atoms with Crippen molar-refractivity contribution < 1.29 is 22.4 Å². The molecule has 8 heteroatoms. The summed E-state index contributed by atoms with van der Waals surface area (Å²) >= 11 is 0. The minimum Gasteiger partial charge on any atom is -0.304 e. The summed E-state index contributed by atoms with van der Waals surface area (Å²) in [6.07, 6.45) is -4.06. The van der Waals surface area contributed by atoms with Gasteiger partial charge in [-0.2, -0.15) is 13.9 Å². The van der Waals surface area contributed by atoms with Gasteiger partial charge in [0.15, 0.2) is 5.82 Å². The van der Waals surface area contributed by atoms with E-state index in [-0.39, 0.29) is 11.2 Å². The van der Waals surface area contributed by atoms with Gasteiger partial charge in [0.1, 0.15) is 0 Å². The van der Waals surface area contributed by atoms with E-state index in [0.29, 0.717) is 5.69 Å². The van der Waals surface area contributed by atoms with Gasteiger partial charge in [-0.3, -0.25) is 9.89 Å². The first-order valence-electron chi connectivity index (χ1n) is 5.08. The second kappa shape index (κ2) is 4.58. The van der Waals surface area contributed by atoms with Crippen LogP contribution in [-0.2, 0) is 10.2 Å². The molecule has 0 aliphatic carbocycles. The fraction of sp³-hybridized carbons (Fsp3) is 0.600. The van der Waals surface area contributed by atoms with Gasteiger partial charge in [0.2, 0.25) is 0 Å². The van der Waals surface area contributed by atoms with Crippen molar-refractivity contribution >= 4 is 11.7 Å². The van der Waals surface area contributed by atoms with E-state index in [9.17, 15) is 22.4 Å². The first kappa shape index (κ1) is 14.5. The number of aromatic nitrogens is 2. The molecule has 0 fully saturated rings. The zero-order valence-electron chi connectivity index (χ0n) is 10.0. The Morgan fingerprint density at radius 3 is 2.33 bits per heavy atom. The number of amides is 1. The predicted octanol–water partition coefficient (Wildman–Crippen LogP) is 2.55. The standard InChI is InChI=1S/C10H13F4N3O/c1-9(2,3)5-4-6(17-16-5)15-8(18)10(13,14)7(11)12/h4,7H,1-3H3,(H2,15,16,17,18). The van der Waals surface area contributed by atoms with Crippen molar-refractivity contribution in [2.24, 2.45) is 0 Å². The molecule has 4 nitrogen and oxygen atoms in total. The summed E-state index contributed by atoms with van der Waals surface area (Å²) in [7, 11) is 0. The van der Waals surface area contributed by atoms with Crippen molar-refractivity contribution in [3.05, 3.63) is 11.8 Å². The van der Waals surface area contributed by atoms with E-state index >= 15 is 0 Å². The number of aromatic amines is 1. The van der Waals surface area contributed by atoms with Crippen LogP contribution in [0.5, 0.6) is 0 Å². The molecule has 0 spiro atoms. The van der Waals surface area contributed by atoms with Crippen molar-refractivity contribution in [3.63, 3.8) is 0 Å². The molecule has 1 rings (SSSR count). The molecule has 1 amide bonds. The van der Waals surface area contributed by atoms with Gasteiger partial charge in [-0.1, -0.05) is 20.8 Å². The lowest BCUT2D eigenvalue weighted by atomic mass is 9.92. The topological polar surface area (TPSA) is 57.8 Å². The van der Waals surface area contributed by atoms with Gasteiger partial charge in [0.25, 0.3) is 0 Å². The van der Waals surface area contributed by atoms with Crippen LogP contribution in [0.1, 0.15) is 26.5 Å². The van der Waals surface area contributed by atoms with Crippen molar-refractivity contribution in [1.82, 2.24) is 10.2 Å². The Morgan fingerprint density at radius 1 is 1.39 bits per heavy atom. The highest BCUT2D eigenvalue weighted by Gasteiger charge is 2.49. The van der Waals surface area contributed by atoms with E-state index in [2.05, 4.69) is 10.2 Å². The van der Waals surface area contributed by atoms with Crippen LogP contribution < -0.4 is 5.32 Å². The summed E-state index contributed by atoms with van der Waals surface area (Å²) in [5.74, 6) is -7.03. The van der Waals surface area contributed by atoms with Crippen LogP contribution in [0, 0.1) is 0 Å². The minimum atomic E-state index is -4.74. The van der Waals surface area contributed by atoms with E-state index in [0.717, 1.165) is 0 Å². The minimum absolute atomic E-state index is 0.217. The number of hydrogen-bond donors (Lipinski definition) is 2. The van der Waals surface area contributed by atoms with Crippen LogP contribution in [0.15, 0.2) is 6.07 Å². The number of anilines is 1. The maximum atomic E-state index is 12.7.